The van der Waals surface area contributed by atoms with Crippen molar-refractivity contribution in [3.8, 4) is 5.06 Å². The molecule has 2 aromatic carbocycles. The number of aryl methyl sites for hydroxylation is 1. The third kappa shape index (κ3) is 5.74. The van der Waals surface area contributed by atoms with Gasteiger partial charge in [0.25, 0.3) is 11.8 Å². The molecular weight excluding hydrogens is 478 g/mol. The van der Waals surface area contributed by atoms with Gasteiger partial charge in [0.1, 0.15) is 12.6 Å². The highest BCUT2D eigenvalue weighted by atomic mass is 35.5. The average Bonchev–Trinajstić information content (AvgIpc) is 3.23. The zero-order valence-corrected chi connectivity index (χ0v) is 19.8. The van der Waals surface area contributed by atoms with Crippen molar-refractivity contribution in [3.63, 3.8) is 0 Å². The lowest BCUT2D eigenvalue weighted by Gasteiger charge is -2.28. The molecule has 0 radical (unpaired) electrons. The lowest BCUT2D eigenvalue weighted by molar-refractivity contribution is -0.125. The molecule has 0 bridgehead atoms. The summed E-state index contributed by atoms with van der Waals surface area (Å²) in [6.07, 6.45) is -0.778. The number of hydrogen-bond donors (Lipinski definition) is 2. The Balaban J connectivity index is 1.49. The van der Waals surface area contributed by atoms with E-state index in [9.17, 15) is 14.4 Å². The topological polar surface area (TPSA) is 97.0 Å². The molecule has 8 nitrogen and oxygen atoms in total. The van der Waals surface area contributed by atoms with Crippen molar-refractivity contribution in [1.29, 1.82) is 0 Å². The predicted octanol–water partition coefficient (Wildman–Crippen LogP) is 4.54. The summed E-state index contributed by atoms with van der Waals surface area (Å²) in [6.45, 7) is 2.87. The number of benzene rings is 2. The molecule has 2 heterocycles. The monoisotopic (exact) mass is 499 g/mol. The first-order valence-corrected chi connectivity index (χ1v) is 11.7. The van der Waals surface area contributed by atoms with Crippen molar-refractivity contribution in [2.24, 2.45) is 0 Å². The molecule has 1 saturated heterocycles. The summed E-state index contributed by atoms with van der Waals surface area (Å²) in [4.78, 5) is 39.5. The second-order valence-electron chi connectivity index (χ2n) is 7.52. The van der Waals surface area contributed by atoms with Crippen LogP contribution >= 0.6 is 22.9 Å². The number of hydrogen-bond acceptors (Lipinski definition) is 6. The normalized spacial score (nSPS) is 14.4. The summed E-state index contributed by atoms with van der Waals surface area (Å²) < 4.78 is 10.9. The predicted molar refractivity (Wildman–Crippen MR) is 131 cm³/mol. The van der Waals surface area contributed by atoms with Crippen LogP contribution in [0.25, 0.3) is 0 Å². The molecule has 176 valence electrons. The minimum absolute atomic E-state index is 0.0517. The maximum Gasteiger partial charge on any atom is 0.414 e. The summed E-state index contributed by atoms with van der Waals surface area (Å²) in [7, 11) is 0. The zero-order chi connectivity index (χ0) is 24.1. The van der Waals surface area contributed by atoms with Gasteiger partial charge < -0.3 is 25.0 Å². The number of anilines is 2. The van der Waals surface area contributed by atoms with Crippen LogP contribution in [0.15, 0.2) is 60.7 Å². The van der Waals surface area contributed by atoms with Crippen LogP contribution in [0.5, 0.6) is 5.06 Å². The largest absolute Gasteiger partial charge is 0.414 e. The molecule has 34 heavy (non-hydrogen) atoms. The fraction of sp³-hybridized carbons (Fsp3) is 0.208. The van der Waals surface area contributed by atoms with E-state index in [2.05, 4.69) is 10.6 Å². The molecule has 0 spiro atoms. The Morgan fingerprint density at radius 1 is 1.15 bits per heavy atom. The van der Waals surface area contributed by atoms with Gasteiger partial charge in [0, 0.05) is 17.9 Å². The van der Waals surface area contributed by atoms with E-state index in [4.69, 9.17) is 21.1 Å². The lowest BCUT2D eigenvalue weighted by Crippen LogP contribution is -2.42. The van der Waals surface area contributed by atoms with E-state index in [0.29, 0.717) is 33.8 Å². The SMILES string of the molecule is Cc1cc(NC(=O)[C@H](NC(=O)Oc2ccc(Cl)s2)c2ccccc2)ccc1N1CCOCC1=O. The first-order chi connectivity index (χ1) is 16.4. The van der Waals surface area contributed by atoms with Crippen LogP contribution < -0.4 is 20.3 Å². The Bertz CT molecular complexity index is 1200. The van der Waals surface area contributed by atoms with E-state index >= 15 is 0 Å². The molecule has 1 fully saturated rings. The maximum atomic E-state index is 13.2. The Kier molecular flexibility index (Phi) is 7.46. The van der Waals surface area contributed by atoms with E-state index in [1.807, 2.05) is 13.0 Å². The van der Waals surface area contributed by atoms with Crippen molar-refractivity contribution >= 4 is 52.2 Å². The number of carbonyl (C=O) groups excluding carboxylic acids is 3. The molecule has 3 amide bonds. The molecule has 3 aromatic rings. The minimum atomic E-state index is -0.995. The molecule has 4 rings (SSSR count). The zero-order valence-electron chi connectivity index (χ0n) is 18.2. The first kappa shape index (κ1) is 23.7. The van der Waals surface area contributed by atoms with Gasteiger partial charge in [-0.1, -0.05) is 53.3 Å². The highest BCUT2D eigenvalue weighted by Crippen LogP contribution is 2.29. The lowest BCUT2D eigenvalue weighted by atomic mass is 10.1. The molecule has 0 saturated carbocycles. The second-order valence-corrected chi connectivity index (χ2v) is 9.20. The number of carbonyl (C=O) groups is 3. The van der Waals surface area contributed by atoms with E-state index in [1.54, 1.807) is 59.5 Å². The summed E-state index contributed by atoms with van der Waals surface area (Å²) in [5.41, 5.74) is 2.72. The summed E-state index contributed by atoms with van der Waals surface area (Å²) in [5.74, 6) is -0.549. The number of thiophene rings is 1. The summed E-state index contributed by atoms with van der Waals surface area (Å²) in [6, 6.07) is 16.3. The number of rotatable bonds is 6. The Morgan fingerprint density at radius 2 is 1.94 bits per heavy atom. The van der Waals surface area contributed by atoms with Crippen molar-refractivity contribution in [3.05, 3.63) is 76.1 Å². The molecule has 1 atom stereocenters. The average molecular weight is 500 g/mol. The Morgan fingerprint density at radius 3 is 2.62 bits per heavy atom. The summed E-state index contributed by atoms with van der Waals surface area (Å²) in [5, 5.41) is 5.78. The molecule has 2 N–H and O–H groups in total. The van der Waals surface area contributed by atoms with Gasteiger partial charge in [-0.3, -0.25) is 9.59 Å². The molecule has 10 heteroatoms. The minimum Gasteiger partial charge on any atom is -0.399 e. The van der Waals surface area contributed by atoms with Gasteiger partial charge in [0.15, 0.2) is 5.06 Å². The van der Waals surface area contributed by atoms with E-state index in [0.717, 1.165) is 22.6 Å². The van der Waals surface area contributed by atoms with E-state index < -0.39 is 18.0 Å². The van der Waals surface area contributed by atoms with Crippen molar-refractivity contribution in [2.75, 3.05) is 30.0 Å². The van der Waals surface area contributed by atoms with Crippen molar-refractivity contribution in [1.82, 2.24) is 5.32 Å². The number of amides is 3. The van der Waals surface area contributed by atoms with E-state index in [1.165, 1.54) is 0 Å². The van der Waals surface area contributed by atoms with Gasteiger partial charge in [0.05, 0.1) is 10.9 Å². The maximum absolute atomic E-state index is 13.2. The van der Waals surface area contributed by atoms with Gasteiger partial charge in [0.2, 0.25) is 0 Å². The number of halogens is 1. The van der Waals surface area contributed by atoms with Crippen LogP contribution in [-0.2, 0) is 14.3 Å². The van der Waals surface area contributed by atoms with Crippen molar-refractivity contribution < 1.29 is 23.9 Å². The van der Waals surface area contributed by atoms with Gasteiger partial charge in [-0.15, -0.1) is 0 Å². The van der Waals surface area contributed by atoms with Crippen LogP contribution in [0.2, 0.25) is 4.34 Å². The van der Waals surface area contributed by atoms with Gasteiger partial charge in [-0.05, 0) is 48.4 Å². The Hall–Kier alpha value is -3.40. The van der Waals surface area contributed by atoms with Crippen LogP contribution in [0.3, 0.4) is 0 Å². The van der Waals surface area contributed by atoms with Gasteiger partial charge in [-0.2, -0.15) is 0 Å². The number of morpholine rings is 1. The smallest absolute Gasteiger partial charge is 0.399 e. The quantitative estimate of drug-likeness (QED) is 0.519. The highest BCUT2D eigenvalue weighted by Gasteiger charge is 2.25. The summed E-state index contributed by atoms with van der Waals surface area (Å²) >= 11 is 6.99. The molecule has 1 aliphatic heterocycles. The Labute approximate surface area is 205 Å². The molecule has 1 aromatic heterocycles. The fourth-order valence-electron chi connectivity index (χ4n) is 3.56. The molecule has 1 aliphatic rings. The first-order valence-electron chi connectivity index (χ1n) is 10.5. The number of nitrogens with zero attached hydrogens (tertiary/aromatic N) is 1. The third-order valence-electron chi connectivity index (χ3n) is 5.14. The van der Waals surface area contributed by atoms with Crippen LogP contribution in [-0.4, -0.2) is 37.7 Å². The second kappa shape index (κ2) is 10.7. The molecule has 0 unspecified atom stereocenters. The van der Waals surface area contributed by atoms with Crippen LogP contribution in [0, 0.1) is 6.92 Å². The number of ether oxygens (including phenoxy) is 2. The number of nitrogens with one attached hydrogen (secondary N) is 2. The van der Waals surface area contributed by atoms with Gasteiger partial charge >= 0.3 is 6.09 Å². The molecule has 0 aliphatic carbocycles. The highest BCUT2D eigenvalue weighted by molar-refractivity contribution is 7.17. The standard InChI is InChI=1S/C24H22ClN3O5S/c1-15-13-17(7-8-18(15)28-11-12-32-14-20(28)29)26-23(30)22(16-5-3-2-4-6-16)27-24(31)33-21-10-9-19(25)34-21/h2-10,13,22H,11-12,14H2,1H3,(H,26,30)(H,27,31)/t22-/m1/s1. The third-order valence-corrected chi connectivity index (χ3v) is 6.25. The van der Waals surface area contributed by atoms with Gasteiger partial charge in [-0.25, -0.2) is 4.79 Å². The van der Waals surface area contributed by atoms with Crippen LogP contribution in [0.1, 0.15) is 17.2 Å². The van der Waals surface area contributed by atoms with E-state index in [-0.39, 0.29) is 12.5 Å². The van der Waals surface area contributed by atoms with Crippen LogP contribution in [0.4, 0.5) is 16.2 Å². The molecular formula is C24H22ClN3O5S. The van der Waals surface area contributed by atoms with Crippen molar-refractivity contribution in [2.45, 2.75) is 13.0 Å². The fourth-order valence-corrected chi connectivity index (χ4v) is 4.43.